The van der Waals surface area contributed by atoms with Crippen LogP contribution >= 0.6 is 0 Å². The van der Waals surface area contributed by atoms with Crippen molar-refractivity contribution in [3.05, 3.63) is 59.4 Å². The van der Waals surface area contributed by atoms with E-state index in [-0.39, 0.29) is 23.1 Å². The van der Waals surface area contributed by atoms with Crippen molar-refractivity contribution in [3.8, 4) is 11.8 Å². The quantitative estimate of drug-likeness (QED) is 0.863. The van der Waals surface area contributed by atoms with Crippen molar-refractivity contribution >= 4 is 11.6 Å². The first-order chi connectivity index (χ1) is 12.0. The molecule has 0 N–H and O–H groups in total. The first kappa shape index (κ1) is 16.9. The van der Waals surface area contributed by atoms with Gasteiger partial charge in [0.05, 0.1) is 17.8 Å². The summed E-state index contributed by atoms with van der Waals surface area (Å²) in [4.78, 5) is 16.6. The third-order valence-corrected chi connectivity index (χ3v) is 3.98. The molecule has 0 bridgehead atoms. The summed E-state index contributed by atoms with van der Waals surface area (Å²) in [6.07, 6.45) is -0.176. The second-order valence-electron chi connectivity index (χ2n) is 6.19. The van der Waals surface area contributed by atoms with E-state index in [1.807, 2.05) is 43.3 Å². The lowest BCUT2D eigenvalue weighted by molar-refractivity contribution is 0.0941. The topological polar surface area (TPSA) is 56.6 Å². The minimum Gasteiger partial charge on any atom is -0.485 e. The average Bonchev–Trinajstić information content (AvgIpc) is 2.60. The van der Waals surface area contributed by atoms with E-state index in [1.54, 1.807) is 11.0 Å². The number of carbonyl (C=O) groups excluding carboxylic acids is 1. The molecule has 0 spiro atoms. The summed E-state index contributed by atoms with van der Waals surface area (Å²) < 4.78 is 19.5. The molecule has 0 aliphatic carbocycles. The van der Waals surface area contributed by atoms with E-state index in [2.05, 4.69) is 0 Å². The van der Waals surface area contributed by atoms with Crippen LogP contribution in [0.15, 0.2) is 42.5 Å². The summed E-state index contributed by atoms with van der Waals surface area (Å²) in [5.41, 5.74) is 0.806. The number of benzene rings is 2. The number of anilines is 1. The van der Waals surface area contributed by atoms with Crippen LogP contribution in [-0.2, 0) is 0 Å². The highest BCUT2D eigenvalue weighted by molar-refractivity contribution is 6.07. The molecule has 6 heteroatoms. The Morgan fingerprint density at radius 3 is 2.84 bits per heavy atom. The monoisotopic (exact) mass is 339 g/mol. The molecule has 3 rings (SSSR count). The third-order valence-electron chi connectivity index (χ3n) is 3.98. The molecule has 25 heavy (non-hydrogen) atoms. The van der Waals surface area contributed by atoms with Gasteiger partial charge in [0.15, 0.2) is 0 Å². The van der Waals surface area contributed by atoms with E-state index in [1.165, 1.54) is 12.1 Å². The second-order valence-corrected chi connectivity index (χ2v) is 6.19. The van der Waals surface area contributed by atoms with Gasteiger partial charge in [-0.15, -0.1) is 0 Å². The molecule has 1 atom stereocenters. The Balaban J connectivity index is 1.97. The highest BCUT2D eigenvalue weighted by Gasteiger charge is 2.30. The number of fused-ring (bicyclic) bond motifs is 1. The van der Waals surface area contributed by atoms with E-state index in [0.717, 1.165) is 6.07 Å². The standard InChI is InChI=1S/C19H18FN3O2/c1-22(2)11-15-12-23(17-5-3-4-6-18(17)25-15)19(24)13-7-8-16(20)14(9-13)10-21/h3-9,15H,11-12H2,1-2H3. The SMILES string of the molecule is CN(C)CC1CN(C(=O)c2ccc(F)c(C#N)c2)c2ccccc2O1. The number of carbonyl (C=O) groups is 1. The van der Waals surface area contributed by atoms with Crippen molar-refractivity contribution in [2.24, 2.45) is 0 Å². The fraction of sp³-hybridized carbons (Fsp3) is 0.263. The van der Waals surface area contributed by atoms with Crippen LogP contribution in [0, 0.1) is 17.1 Å². The molecule has 1 amide bonds. The zero-order valence-corrected chi connectivity index (χ0v) is 14.1. The highest BCUT2D eigenvalue weighted by atomic mass is 19.1. The second kappa shape index (κ2) is 6.91. The molecule has 0 saturated heterocycles. The van der Waals surface area contributed by atoms with Crippen LogP contribution < -0.4 is 9.64 Å². The van der Waals surface area contributed by atoms with Crippen LogP contribution in [0.25, 0.3) is 0 Å². The van der Waals surface area contributed by atoms with Crippen molar-refractivity contribution in [1.29, 1.82) is 5.26 Å². The molecule has 0 saturated carbocycles. The summed E-state index contributed by atoms with van der Waals surface area (Å²) in [6, 6.07) is 12.9. The number of nitrogens with zero attached hydrogens (tertiary/aromatic N) is 3. The maximum Gasteiger partial charge on any atom is 0.258 e. The Hall–Kier alpha value is -2.91. The van der Waals surface area contributed by atoms with Gasteiger partial charge < -0.3 is 14.5 Å². The zero-order valence-electron chi connectivity index (χ0n) is 14.1. The van der Waals surface area contributed by atoms with Gasteiger partial charge in [-0.2, -0.15) is 5.26 Å². The van der Waals surface area contributed by atoms with Gasteiger partial charge in [-0.3, -0.25) is 4.79 Å². The third kappa shape index (κ3) is 3.47. The number of amides is 1. The van der Waals surface area contributed by atoms with Crippen LogP contribution in [0.2, 0.25) is 0 Å². The first-order valence-corrected chi connectivity index (χ1v) is 7.91. The number of nitriles is 1. The number of para-hydroxylation sites is 2. The lowest BCUT2D eigenvalue weighted by atomic mass is 10.1. The summed E-state index contributed by atoms with van der Waals surface area (Å²) in [6.45, 7) is 1.04. The van der Waals surface area contributed by atoms with Gasteiger partial charge in [0, 0.05) is 12.1 Å². The maximum absolute atomic E-state index is 13.5. The molecular weight excluding hydrogens is 321 g/mol. The molecule has 128 valence electrons. The molecule has 0 aromatic heterocycles. The molecule has 2 aromatic rings. The van der Waals surface area contributed by atoms with Gasteiger partial charge in [0.25, 0.3) is 5.91 Å². The van der Waals surface area contributed by atoms with Crippen molar-refractivity contribution in [2.75, 3.05) is 32.1 Å². The molecule has 1 unspecified atom stereocenters. The minimum absolute atomic E-state index is 0.141. The summed E-state index contributed by atoms with van der Waals surface area (Å²) in [5.74, 6) is -0.278. The smallest absolute Gasteiger partial charge is 0.258 e. The lowest BCUT2D eigenvalue weighted by Crippen LogP contribution is -2.47. The molecular formula is C19H18FN3O2. The fourth-order valence-corrected chi connectivity index (χ4v) is 2.89. The van der Waals surface area contributed by atoms with Crippen molar-refractivity contribution < 1.29 is 13.9 Å². The number of ether oxygens (including phenoxy) is 1. The van der Waals surface area contributed by atoms with Crippen LogP contribution in [0.5, 0.6) is 5.75 Å². The molecule has 0 radical (unpaired) electrons. The number of hydrogen-bond acceptors (Lipinski definition) is 4. The molecule has 2 aromatic carbocycles. The van der Waals surface area contributed by atoms with Crippen LogP contribution in [0.1, 0.15) is 15.9 Å². The molecule has 5 nitrogen and oxygen atoms in total. The zero-order chi connectivity index (χ0) is 18.0. The lowest BCUT2D eigenvalue weighted by Gasteiger charge is -2.36. The van der Waals surface area contributed by atoms with Crippen molar-refractivity contribution in [1.82, 2.24) is 4.90 Å². The number of hydrogen-bond donors (Lipinski definition) is 0. The van der Waals surface area contributed by atoms with E-state index in [4.69, 9.17) is 10.00 Å². The minimum atomic E-state index is -0.632. The Bertz CT molecular complexity index is 845. The first-order valence-electron chi connectivity index (χ1n) is 7.91. The molecule has 1 aliphatic heterocycles. The van der Waals surface area contributed by atoms with Crippen LogP contribution in [0.3, 0.4) is 0 Å². The normalized spacial score (nSPS) is 16.1. The van der Waals surface area contributed by atoms with Crippen molar-refractivity contribution in [3.63, 3.8) is 0 Å². The number of likely N-dealkylation sites (N-methyl/N-ethyl adjacent to an activating group) is 1. The fourth-order valence-electron chi connectivity index (χ4n) is 2.89. The van der Waals surface area contributed by atoms with Crippen LogP contribution in [0.4, 0.5) is 10.1 Å². The van der Waals surface area contributed by atoms with Crippen molar-refractivity contribution in [2.45, 2.75) is 6.10 Å². The largest absolute Gasteiger partial charge is 0.485 e. The average molecular weight is 339 g/mol. The molecule has 1 heterocycles. The van der Waals surface area contributed by atoms with Gasteiger partial charge in [0.2, 0.25) is 0 Å². The Kier molecular flexibility index (Phi) is 4.68. The van der Waals surface area contributed by atoms with E-state index >= 15 is 0 Å². The predicted molar refractivity (Wildman–Crippen MR) is 92.2 cm³/mol. The predicted octanol–water partition coefficient (Wildman–Crippen LogP) is 2.67. The molecule has 1 aliphatic rings. The van der Waals surface area contributed by atoms with Gasteiger partial charge in [0.1, 0.15) is 23.7 Å². The summed E-state index contributed by atoms with van der Waals surface area (Å²) in [5, 5.41) is 8.99. The Morgan fingerprint density at radius 1 is 1.36 bits per heavy atom. The Morgan fingerprint density at radius 2 is 2.12 bits per heavy atom. The Labute approximate surface area is 145 Å². The maximum atomic E-state index is 13.5. The summed E-state index contributed by atoms with van der Waals surface area (Å²) in [7, 11) is 3.88. The van der Waals surface area contributed by atoms with E-state index in [0.29, 0.717) is 24.5 Å². The highest BCUT2D eigenvalue weighted by Crippen LogP contribution is 2.34. The van der Waals surface area contributed by atoms with Gasteiger partial charge in [-0.25, -0.2) is 4.39 Å². The van der Waals surface area contributed by atoms with Gasteiger partial charge in [-0.05, 0) is 44.4 Å². The number of rotatable bonds is 3. The van der Waals surface area contributed by atoms with Gasteiger partial charge >= 0.3 is 0 Å². The van der Waals surface area contributed by atoms with E-state index < -0.39 is 5.82 Å². The number of halogens is 1. The summed E-state index contributed by atoms with van der Waals surface area (Å²) >= 11 is 0. The molecule has 0 fully saturated rings. The van der Waals surface area contributed by atoms with Crippen LogP contribution in [-0.4, -0.2) is 44.1 Å². The van der Waals surface area contributed by atoms with E-state index in [9.17, 15) is 9.18 Å². The van der Waals surface area contributed by atoms with Gasteiger partial charge in [-0.1, -0.05) is 12.1 Å².